The molecule has 0 aromatic carbocycles. The lowest BCUT2D eigenvalue weighted by molar-refractivity contribution is -0.123. The molecular weight excluding hydrogens is 374 g/mol. The van der Waals surface area contributed by atoms with E-state index in [-0.39, 0.29) is 6.10 Å². The molecule has 1 rings (SSSR count). The Balaban J connectivity index is 2.85. The topological polar surface area (TPSA) is 30.9 Å². The third kappa shape index (κ3) is 11.5. The van der Waals surface area contributed by atoms with E-state index in [9.17, 15) is 0 Å². The lowest BCUT2D eigenvalue weighted by Gasteiger charge is -2.45. The van der Waals surface area contributed by atoms with E-state index in [1.165, 1.54) is 44.9 Å². The van der Waals surface area contributed by atoms with Crippen LogP contribution in [0.5, 0.6) is 0 Å². The summed E-state index contributed by atoms with van der Waals surface area (Å²) in [5.41, 5.74) is 0. The maximum Gasteiger partial charge on any atom is 0.0777 e. The monoisotopic (exact) mass is 427 g/mol. The van der Waals surface area contributed by atoms with Crippen LogP contribution in [0, 0.1) is 5.92 Å². The quantitative estimate of drug-likeness (QED) is 0.221. The minimum Gasteiger partial charge on any atom is -0.380 e. The van der Waals surface area contributed by atoms with Gasteiger partial charge in [0.25, 0.3) is 0 Å². The smallest absolute Gasteiger partial charge is 0.0777 e. The fraction of sp³-hybridized carbons (Fsp3) is 1.00. The van der Waals surface area contributed by atoms with Crippen LogP contribution in [-0.4, -0.2) is 62.7 Å². The molecule has 4 nitrogen and oxygen atoms in total. The van der Waals surface area contributed by atoms with E-state index in [2.05, 4.69) is 39.5 Å². The standard InChI is InChI=1S/C26H53NO3/c1-6-11-15-23(10-5)20-27-21-24(29-17-13-8-3)19-26(30-18-14-9-4)25(27)22-28-16-12-7-2/h23-26H,6-22H2,1-5H3. The van der Waals surface area contributed by atoms with Gasteiger partial charge in [0.2, 0.25) is 0 Å². The van der Waals surface area contributed by atoms with Crippen molar-refractivity contribution in [1.82, 2.24) is 4.90 Å². The van der Waals surface area contributed by atoms with Crippen LogP contribution in [0.3, 0.4) is 0 Å². The predicted octanol–water partition coefficient (Wildman–Crippen LogP) is 6.46. The Bertz CT molecular complexity index is 379. The number of piperidine rings is 1. The normalized spacial score (nSPS) is 23.7. The summed E-state index contributed by atoms with van der Waals surface area (Å²) in [7, 11) is 0. The summed E-state index contributed by atoms with van der Waals surface area (Å²) in [6.45, 7) is 16.9. The molecule has 1 aliphatic rings. The third-order valence-electron chi connectivity index (χ3n) is 6.48. The summed E-state index contributed by atoms with van der Waals surface area (Å²) in [5.74, 6) is 0.758. The number of likely N-dealkylation sites (tertiary alicyclic amines) is 1. The van der Waals surface area contributed by atoms with Crippen LogP contribution in [-0.2, 0) is 14.2 Å². The minimum absolute atomic E-state index is 0.224. The molecule has 1 heterocycles. The van der Waals surface area contributed by atoms with Gasteiger partial charge in [-0.2, -0.15) is 0 Å². The molecular formula is C26H53NO3. The highest BCUT2D eigenvalue weighted by molar-refractivity contribution is 4.91. The third-order valence-corrected chi connectivity index (χ3v) is 6.48. The number of hydrogen-bond donors (Lipinski definition) is 0. The average molecular weight is 428 g/mol. The van der Waals surface area contributed by atoms with Crippen molar-refractivity contribution in [3.8, 4) is 0 Å². The van der Waals surface area contributed by atoms with Crippen LogP contribution in [0.25, 0.3) is 0 Å². The predicted molar refractivity (Wildman–Crippen MR) is 128 cm³/mol. The number of ether oxygens (including phenoxy) is 3. The molecule has 0 N–H and O–H groups in total. The van der Waals surface area contributed by atoms with Crippen molar-refractivity contribution in [1.29, 1.82) is 0 Å². The number of rotatable bonds is 19. The Hall–Kier alpha value is -0.160. The second-order valence-corrected chi connectivity index (χ2v) is 9.21. The van der Waals surface area contributed by atoms with E-state index in [4.69, 9.17) is 14.2 Å². The van der Waals surface area contributed by atoms with Gasteiger partial charge in [0, 0.05) is 39.3 Å². The van der Waals surface area contributed by atoms with Gasteiger partial charge in [-0.3, -0.25) is 4.90 Å². The van der Waals surface area contributed by atoms with Gasteiger partial charge in [0.15, 0.2) is 0 Å². The zero-order valence-corrected chi connectivity index (χ0v) is 21.0. The fourth-order valence-electron chi connectivity index (χ4n) is 4.32. The second-order valence-electron chi connectivity index (χ2n) is 9.21. The molecule has 1 aliphatic heterocycles. The summed E-state index contributed by atoms with van der Waals surface area (Å²) in [6, 6.07) is 0.361. The molecule has 1 fully saturated rings. The van der Waals surface area contributed by atoms with Crippen LogP contribution in [0.15, 0.2) is 0 Å². The van der Waals surface area contributed by atoms with E-state index in [1.54, 1.807) is 0 Å². The molecule has 1 saturated heterocycles. The Morgan fingerprint density at radius 2 is 1.43 bits per heavy atom. The van der Waals surface area contributed by atoms with Gasteiger partial charge >= 0.3 is 0 Å². The van der Waals surface area contributed by atoms with Crippen molar-refractivity contribution in [3.63, 3.8) is 0 Å². The summed E-state index contributed by atoms with van der Waals surface area (Å²) in [6.07, 6.45) is 13.7. The Labute approximate surface area is 188 Å². The minimum atomic E-state index is 0.224. The molecule has 0 saturated carbocycles. The van der Waals surface area contributed by atoms with Gasteiger partial charge in [0.1, 0.15) is 0 Å². The van der Waals surface area contributed by atoms with Gasteiger partial charge in [0.05, 0.1) is 24.9 Å². The largest absolute Gasteiger partial charge is 0.380 e. The maximum atomic E-state index is 6.45. The van der Waals surface area contributed by atoms with E-state index in [1.807, 2.05) is 0 Å². The van der Waals surface area contributed by atoms with Gasteiger partial charge in [-0.1, -0.05) is 73.1 Å². The first-order chi connectivity index (χ1) is 14.7. The first kappa shape index (κ1) is 27.9. The molecule has 0 aromatic rings. The molecule has 180 valence electrons. The van der Waals surface area contributed by atoms with Crippen molar-refractivity contribution >= 4 is 0 Å². The van der Waals surface area contributed by atoms with E-state index >= 15 is 0 Å². The van der Waals surface area contributed by atoms with Crippen LogP contribution < -0.4 is 0 Å². The van der Waals surface area contributed by atoms with Gasteiger partial charge in [-0.25, -0.2) is 0 Å². The highest BCUT2D eigenvalue weighted by Crippen LogP contribution is 2.27. The fourth-order valence-corrected chi connectivity index (χ4v) is 4.32. The second kappa shape index (κ2) is 18.4. The zero-order chi connectivity index (χ0) is 22.0. The van der Waals surface area contributed by atoms with E-state index in [0.29, 0.717) is 12.1 Å². The number of unbranched alkanes of at least 4 members (excludes halogenated alkanes) is 4. The van der Waals surface area contributed by atoms with E-state index < -0.39 is 0 Å². The van der Waals surface area contributed by atoms with Crippen molar-refractivity contribution in [3.05, 3.63) is 0 Å². The Kier molecular flexibility index (Phi) is 17.1. The zero-order valence-electron chi connectivity index (χ0n) is 21.0. The lowest BCUT2D eigenvalue weighted by Crippen LogP contribution is -2.57. The first-order valence-electron chi connectivity index (χ1n) is 13.2. The number of nitrogens with zero attached hydrogens (tertiary/aromatic N) is 1. The van der Waals surface area contributed by atoms with Gasteiger partial charge < -0.3 is 14.2 Å². The molecule has 0 aliphatic carbocycles. The van der Waals surface area contributed by atoms with Crippen LogP contribution in [0.4, 0.5) is 0 Å². The molecule has 30 heavy (non-hydrogen) atoms. The highest BCUT2D eigenvalue weighted by atomic mass is 16.5. The van der Waals surface area contributed by atoms with Crippen LogP contribution in [0.2, 0.25) is 0 Å². The Morgan fingerprint density at radius 3 is 2.07 bits per heavy atom. The molecule has 0 bridgehead atoms. The molecule has 4 heteroatoms. The number of hydrogen-bond acceptors (Lipinski definition) is 4. The van der Waals surface area contributed by atoms with Gasteiger partial charge in [-0.05, 0) is 31.6 Å². The van der Waals surface area contributed by atoms with Crippen molar-refractivity contribution in [2.24, 2.45) is 5.92 Å². The molecule has 0 radical (unpaired) electrons. The maximum absolute atomic E-state index is 6.45. The van der Waals surface area contributed by atoms with Crippen molar-refractivity contribution < 1.29 is 14.2 Å². The summed E-state index contributed by atoms with van der Waals surface area (Å²) >= 11 is 0. The molecule has 0 aromatic heterocycles. The summed E-state index contributed by atoms with van der Waals surface area (Å²) in [4.78, 5) is 2.67. The SMILES string of the molecule is CCCCOCC1C(OCCCC)CC(OCCCC)CN1CC(CC)CCCC. The lowest BCUT2D eigenvalue weighted by atomic mass is 9.92. The van der Waals surface area contributed by atoms with Crippen molar-refractivity contribution in [2.75, 3.05) is 39.5 Å². The average Bonchev–Trinajstić information content (AvgIpc) is 2.75. The van der Waals surface area contributed by atoms with E-state index in [0.717, 1.165) is 71.1 Å². The highest BCUT2D eigenvalue weighted by Gasteiger charge is 2.38. The first-order valence-corrected chi connectivity index (χ1v) is 13.2. The Morgan fingerprint density at radius 1 is 0.800 bits per heavy atom. The summed E-state index contributed by atoms with van der Waals surface area (Å²) < 4.78 is 18.9. The summed E-state index contributed by atoms with van der Waals surface area (Å²) in [5, 5.41) is 0. The molecule has 0 spiro atoms. The molecule has 4 atom stereocenters. The molecule has 0 amide bonds. The van der Waals surface area contributed by atoms with Gasteiger partial charge in [-0.15, -0.1) is 0 Å². The van der Waals surface area contributed by atoms with Crippen molar-refractivity contribution in [2.45, 2.75) is 123 Å². The van der Waals surface area contributed by atoms with Crippen LogP contribution >= 0.6 is 0 Å². The molecule has 4 unspecified atom stereocenters. The van der Waals surface area contributed by atoms with Crippen LogP contribution in [0.1, 0.15) is 105 Å².